The van der Waals surface area contributed by atoms with Crippen LogP contribution in [0, 0.1) is 0 Å². The summed E-state index contributed by atoms with van der Waals surface area (Å²) in [5.74, 6) is -1.95. The molecule has 0 fully saturated rings. The summed E-state index contributed by atoms with van der Waals surface area (Å²) >= 11 is 0. The SMILES string of the molecule is COc1c(O)c2c(=O)cc(OC)c3c4c(OC)cc(=O)c5c(O)c(OC)c(C[C@@H](C)OC(=O)Oc6ccc(OC(C)=O)cc6)c(c(c1C[C@@H](C)OC(=O)Oc1ccc(OC(C)=O)cc1)c23)c54. The number of carbonyl (C=O) groups excluding carboxylic acids is 4. The predicted octanol–water partition coefficient (Wildman–Crippen LogP) is 7.48. The number of hydrogen-bond donors (Lipinski definition) is 2. The maximum absolute atomic E-state index is 14.1. The molecule has 0 aliphatic rings. The molecule has 0 aliphatic carbocycles. The number of phenolic OH excluding ortho intramolecular Hbond substituents is 2. The highest BCUT2D eigenvalue weighted by molar-refractivity contribution is 6.38. The molecular weight excluding hydrogens is 865 g/mol. The van der Waals surface area contributed by atoms with Crippen LogP contribution in [0.15, 0.2) is 70.3 Å². The first-order chi connectivity index (χ1) is 31.5. The number of fused-ring (bicyclic) bond motifs is 2. The van der Waals surface area contributed by atoms with E-state index in [9.17, 15) is 39.0 Å². The Morgan fingerprint density at radius 3 is 1.08 bits per heavy atom. The van der Waals surface area contributed by atoms with Gasteiger partial charge in [-0.1, -0.05) is 0 Å². The van der Waals surface area contributed by atoms with E-state index in [-0.39, 0.29) is 113 Å². The minimum absolute atomic E-state index is 0.0259. The molecule has 0 amide bonds. The molecule has 18 nitrogen and oxygen atoms in total. The molecule has 0 unspecified atom stereocenters. The third kappa shape index (κ3) is 8.55. The van der Waals surface area contributed by atoms with E-state index in [1.54, 1.807) is 13.8 Å². The van der Waals surface area contributed by atoms with Crippen molar-refractivity contribution >= 4 is 67.3 Å². The lowest BCUT2D eigenvalue weighted by molar-refractivity contribution is -0.132. The van der Waals surface area contributed by atoms with Gasteiger partial charge in [0, 0.05) is 71.5 Å². The molecule has 0 bridgehead atoms. The third-order valence-electron chi connectivity index (χ3n) is 10.6. The molecule has 0 saturated carbocycles. The van der Waals surface area contributed by atoms with E-state index in [0.717, 1.165) is 12.1 Å². The number of carbonyl (C=O) groups is 4. The number of esters is 2. The van der Waals surface area contributed by atoms with Crippen LogP contribution in [0.5, 0.6) is 57.5 Å². The molecule has 0 spiro atoms. The van der Waals surface area contributed by atoms with Gasteiger partial charge in [0.25, 0.3) is 0 Å². The van der Waals surface area contributed by atoms with Crippen LogP contribution in [0.3, 0.4) is 0 Å². The van der Waals surface area contributed by atoms with Gasteiger partial charge in [-0.2, -0.15) is 0 Å². The van der Waals surface area contributed by atoms with Gasteiger partial charge in [0.2, 0.25) is 0 Å². The van der Waals surface area contributed by atoms with Crippen molar-refractivity contribution in [2.24, 2.45) is 0 Å². The van der Waals surface area contributed by atoms with Gasteiger partial charge in [-0.05, 0) is 73.2 Å². The number of phenols is 2. The zero-order valence-corrected chi connectivity index (χ0v) is 36.8. The van der Waals surface area contributed by atoms with Crippen LogP contribution in [0.1, 0.15) is 38.8 Å². The van der Waals surface area contributed by atoms with Crippen molar-refractivity contribution in [3.8, 4) is 57.5 Å². The zero-order chi connectivity index (χ0) is 47.7. The summed E-state index contributed by atoms with van der Waals surface area (Å²) in [6.45, 7) is 5.56. The van der Waals surface area contributed by atoms with Crippen LogP contribution in [0.4, 0.5) is 9.59 Å². The van der Waals surface area contributed by atoms with Crippen molar-refractivity contribution in [2.45, 2.75) is 52.7 Å². The molecule has 66 heavy (non-hydrogen) atoms. The van der Waals surface area contributed by atoms with Crippen LogP contribution in [-0.2, 0) is 31.9 Å². The van der Waals surface area contributed by atoms with Gasteiger partial charge in [0.15, 0.2) is 33.9 Å². The molecule has 2 atom stereocenters. The largest absolute Gasteiger partial charge is 0.514 e. The van der Waals surface area contributed by atoms with Crippen molar-refractivity contribution in [3.05, 3.63) is 92.2 Å². The summed E-state index contributed by atoms with van der Waals surface area (Å²) in [4.78, 5) is 77.3. The van der Waals surface area contributed by atoms with Crippen LogP contribution < -0.4 is 48.8 Å². The quantitative estimate of drug-likeness (QED) is 0.0354. The van der Waals surface area contributed by atoms with E-state index in [2.05, 4.69) is 0 Å². The van der Waals surface area contributed by atoms with Crippen molar-refractivity contribution in [2.75, 3.05) is 28.4 Å². The lowest BCUT2D eigenvalue weighted by Crippen LogP contribution is -2.22. The molecule has 7 rings (SSSR count). The molecule has 0 heterocycles. The molecular formula is C48H42O18. The monoisotopic (exact) mass is 906 g/mol. The Morgan fingerprint density at radius 2 is 0.788 bits per heavy atom. The highest BCUT2D eigenvalue weighted by Crippen LogP contribution is 2.55. The third-order valence-corrected chi connectivity index (χ3v) is 10.6. The number of rotatable bonds is 14. The summed E-state index contributed by atoms with van der Waals surface area (Å²) in [5, 5.41) is 24.6. The van der Waals surface area contributed by atoms with E-state index in [4.69, 9.17) is 47.4 Å². The number of hydrogen-bond acceptors (Lipinski definition) is 18. The van der Waals surface area contributed by atoms with Gasteiger partial charge in [-0.3, -0.25) is 19.2 Å². The molecule has 0 aliphatic heterocycles. The average Bonchev–Trinajstić information content (AvgIpc) is 3.25. The first-order valence-corrected chi connectivity index (χ1v) is 20.1. The molecule has 7 aromatic rings. The van der Waals surface area contributed by atoms with Crippen molar-refractivity contribution < 1.29 is 76.8 Å². The van der Waals surface area contributed by atoms with Gasteiger partial charge in [0.05, 0.1) is 39.2 Å². The summed E-state index contributed by atoms with van der Waals surface area (Å²) in [5.41, 5.74) is -1.00. The number of benzene rings is 7. The van der Waals surface area contributed by atoms with Crippen LogP contribution in [0.25, 0.3) is 43.1 Å². The van der Waals surface area contributed by atoms with Crippen molar-refractivity contribution in [1.82, 2.24) is 0 Å². The fourth-order valence-corrected chi connectivity index (χ4v) is 8.19. The van der Waals surface area contributed by atoms with E-state index in [1.807, 2.05) is 0 Å². The van der Waals surface area contributed by atoms with Crippen LogP contribution in [0.2, 0.25) is 0 Å². The summed E-state index contributed by atoms with van der Waals surface area (Å²) in [6.07, 6.45) is -4.81. The minimum atomic E-state index is -1.12. The van der Waals surface area contributed by atoms with E-state index < -0.39 is 58.8 Å². The highest BCUT2D eigenvalue weighted by Gasteiger charge is 2.34. The lowest BCUT2D eigenvalue weighted by atomic mass is 9.81. The number of methoxy groups -OCH3 is 4. The number of ether oxygens (including phenoxy) is 10. The van der Waals surface area contributed by atoms with Crippen LogP contribution in [-0.4, -0.2) is 75.1 Å². The topological polar surface area (TPSA) is 235 Å². The van der Waals surface area contributed by atoms with Gasteiger partial charge in [0.1, 0.15) is 46.7 Å². The number of aromatic hydroxyl groups is 2. The maximum Gasteiger partial charge on any atom is 0.514 e. The lowest BCUT2D eigenvalue weighted by Gasteiger charge is -2.26. The van der Waals surface area contributed by atoms with Crippen LogP contribution >= 0.6 is 0 Å². The second-order valence-corrected chi connectivity index (χ2v) is 15.0. The smallest absolute Gasteiger partial charge is 0.504 e. The van der Waals surface area contributed by atoms with E-state index in [0.29, 0.717) is 0 Å². The highest BCUT2D eigenvalue weighted by atomic mass is 16.7. The normalized spacial score (nSPS) is 12.1. The molecule has 2 N–H and O–H groups in total. The van der Waals surface area contributed by atoms with E-state index in [1.165, 1.54) is 90.8 Å². The fraction of sp³-hybridized carbons (Fsp3) is 0.250. The average molecular weight is 907 g/mol. The van der Waals surface area contributed by atoms with Crippen molar-refractivity contribution in [1.29, 1.82) is 0 Å². The second-order valence-electron chi connectivity index (χ2n) is 15.0. The maximum atomic E-state index is 14.1. The van der Waals surface area contributed by atoms with E-state index >= 15 is 0 Å². The first kappa shape index (κ1) is 45.7. The molecule has 18 heteroatoms. The molecule has 0 radical (unpaired) electrons. The zero-order valence-electron chi connectivity index (χ0n) is 36.8. The Kier molecular flexibility index (Phi) is 12.8. The first-order valence-electron chi connectivity index (χ1n) is 20.1. The van der Waals surface area contributed by atoms with Gasteiger partial charge < -0.3 is 57.6 Å². The summed E-state index contributed by atoms with van der Waals surface area (Å²) in [7, 11) is 5.19. The Balaban J connectivity index is 1.44. The Morgan fingerprint density at radius 1 is 0.470 bits per heavy atom. The Bertz CT molecular complexity index is 2950. The Labute approximate surface area is 374 Å². The summed E-state index contributed by atoms with van der Waals surface area (Å²) < 4.78 is 55.5. The van der Waals surface area contributed by atoms with Gasteiger partial charge in [-0.15, -0.1) is 0 Å². The minimum Gasteiger partial charge on any atom is -0.504 e. The van der Waals surface area contributed by atoms with Crippen molar-refractivity contribution in [3.63, 3.8) is 0 Å². The standard InChI is InChI=1S/C48H42O18/c1-21(61-47(55)65-27-13-9-25(10-14-27)63-23(3)49)17-29-35-36-30(18-22(2)62-48(56)66-28-15-11-26(12-16-28)64-24(4)50)46(60-8)44(54)38-32(52)20-34(58-6)40(42(36)38)39-33(57-5)19-31(51)37(41(35)39)43(53)45(29)59-7/h9-16,19-22,53-54H,17-18H2,1-8H3/t21-,22-/m1/s1. The molecule has 7 aromatic carbocycles. The second kappa shape index (κ2) is 18.4. The molecule has 0 aromatic heterocycles. The molecule has 0 saturated heterocycles. The molecule has 342 valence electrons. The van der Waals surface area contributed by atoms with Gasteiger partial charge >= 0.3 is 24.2 Å². The Hall–Kier alpha value is -8.28. The fourth-order valence-electron chi connectivity index (χ4n) is 8.19. The predicted molar refractivity (Wildman–Crippen MR) is 237 cm³/mol. The summed E-state index contributed by atoms with van der Waals surface area (Å²) in [6, 6.07) is 13.6. The van der Waals surface area contributed by atoms with Gasteiger partial charge in [-0.25, -0.2) is 9.59 Å².